The summed E-state index contributed by atoms with van der Waals surface area (Å²) < 4.78 is 30.1. The lowest BCUT2D eigenvalue weighted by Gasteiger charge is -2.36. The van der Waals surface area contributed by atoms with Gasteiger partial charge in [-0.3, -0.25) is 9.59 Å². The van der Waals surface area contributed by atoms with E-state index in [1.54, 1.807) is 60.7 Å². The highest BCUT2D eigenvalue weighted by Gasteiger charge is 2.39. The van der Waals surface area contributed by atoms with E-state index in [2.05, 4.69) is 4.74 Å². The molecule has 3 aromatic rings. The predicted octanol–water partition coefficient (Wildman–Crippen LogP) is 4.64. The first-order chi connectivity index (χ1) is 15.5. The lowest BCUT2D eigenvalue weighted by molar-refractivity contribution is -0.123. The quantitative estimate of drug-likeness (QED) is 0.586. The number of carbonyl (C=O) groups excluding carboxylic acids is 2. The molecule has 0 saturated carbocycles. The number of carbonyl (C=O) groups is 2. The summed E-state index contributed by atoms with van der Waals surface area (Å²) in [5, 5.41) is 0. The topological polar surface area (TPSA) is 72.6 Å². The second-order valence-electron chi connectivity index (χ2n) is 7.59. The van der Waals surface area contributed by atoms with Gasteiger partial charge in [-0.25, -0.2) is 0 Å². The Balaban J connectivity index is 1.83. The van der Waals surface area contributed by atoms with Gasteiger partial charge in [0.05, 0.1) is 6.04 Å². The van der Waals surface area contributed by atoms with E-state index in [4.69, 9.17) is 5.73 Å². The minimum absolute atomic E-state index is 0.00750. The molecule has 1 aliphatic rings. The van der Waals surface area contributed by atoms with Gasteiger partial charge in [-0.15, -0.1) is 0 Å². The van der Waals surface area contributed by atoms with Crippen molar-refractivity contribution in [1.29, 1.82) is 0 Å². The van der Waals surface area contributed by atoms with E-state index in [-0.39, 0.29) is 11.7 Å². The van der Waals surface area contributed by atoms with Crippen molar-refractivity contribution < 1.29 is 23.1 Å². The van der Waals surface area contributed by atoms with Gasteiger partial charge in [0.15, 0.2) is 0 Å². The number of hydrogen-bond acceptors (Lipinski definition) is 3. The van der Waals surface area contributed by atoms with E-state index in [1.165, 1.54) is 17.0 Å². The summed E-state index contributed by atoms with van der Waals surface area (Å²) in [4.78, 5) is 27.8. The molecule has 7 heteroatoms. The summed E-state index contributed by atoms with van der Waals surface area (Å²) in [5.41, 5.74) is 8.39. The lowest BCUT2D eigenvalue weighted by Crippen LogP contribution is -2.43. The van der Waals surface area contributed by atoms with Crippen molar-refractivity contribution in [2.75, 3.05) is 0 Å². The zero-order chi connectivity index (χ0) is 22.7. The van der Waals surface area contributed by atoms with Crippen LogP contribution in [0.2, 0.25) is 0 Å². The maximum Gasteiger partial charge on any atom is 0.387 e. The van der Waals surface area contributed by atoms with Crippen molar-refractivity contribution in [3.05, 3.63) is 101 Å². The number of aryl methyl sites for hydroxylation is 1. The Kier molecular flexibility index (Phi) is 6.16. The fraction of sp³-hybridized carbons (Fsp3) is 0.200. The monoisotopic (exact) mass is 436 g/mol. The van der Waals surface area contributed by atoms with E-state index < -0.39 is 24.6 Å². The van der Waals surface area contributed by atoms with Gasteiger partial charge in [0.2, 0.25) is 5.91 Å². The van der Waals surface area contributed by atoms with Crippen molar-refractivity contribution in [3.8, 4) is 5.75 Å². The van der Waals surface area contributed by atoms with Crippen molar-refractivity contribution in [2.45, 2.75) is 31.5 Å². The molecule has 1 aliphatic carbocycles. The SMILES string of the molecule is NC(=O)[C@@H](c1ccccc1)N(C(=O)c1ccccc1)[C@@H]1CCc2ccc(OC(F)F)cc21. The number of nitrogens with two attached hydrogens (primary N) is 1. The Morgan fingerprint density at radius 1 is 0.969 bits per heavy atom. The van der Waals surface area contributed by atoms with Crippen LogP contribution in [-0.4, -0.2) is 23.3 Å². The molecule has 2 amide bonds. The van der Waals surface area contributed by atoms with Gasteiger partial charge in [-0.05, 0) is 53.8 Å². The largest absolute Gasteiger partial charge is 0.435 e. The van der Waals surface area contributed by atoms with E-state index in [1.807, 2.05) is 6.07 Å². The van der Waals surface area contributed by atoms with E-state index in [0.717, 1.165) is 5.56 Å². The van der Waals surface area contributed by atoms with Crippen molar-refractivity contribution >= 4 is 11.8 Å². The molecule has 2 N–H and O–H groups in total. The van der Waals surface area contributed by atoms with Crippen LogP contribution in [-0.2, 0) is 11.2 Å². The molecule has 164 valence electrons. The molecule has 0 saturated heterocycles. The second-order valence-corrected chi connectivity index (χ2v) is 7.59. The average Bonchev–Trinajstić information content (AvgIpc) is 3.20. The third-order valence-corrected chi connectivity index (χ3v) is 5.64. The smallest absolute Gasteiger partial charge is 0.387 e. The van der Waals surface area contributed by atoms with Crippen LogP contribution in [0, 0.1) is 0 Å². The highest BCUT2D eigenvalue weighted by Crippen LogP contribution is 2.42. The van der Waals surface area contributed by atoms with Gasteiger partial charge in [-0.1, -0.05) is 54.6 Å². The molecule has 32 heavy (non-hydrogen) atoms. The third kappa shape index (κ3) is 4.32. The Morgan fingerprint density at radius 3 is 2.25 bits per heavy atom. The summed E-state index contributed by atoms with van der Waals surface area (Å²) in [6.07, 6.45) is 1.16. The summed E-state index contributed by atoms with van der Waals surface area (Å²) in [7, 11) is 0. The highest BCUT2D eigenvalue weighted by molar-refractivity contribution is 5.98. The van der Waals surface area contributed by atoms with Crippen LogP contribution in [0.1, 0.15) is 45.6 Å². The summed E-state index contributed by atoms with van der Waals surface area (Å²) in [6.45, 7) is -2.96. The lowest BCUT2D eigenvalue weighted by atomic mass is 9.98. The fourth-order valence-corrected chi connectivity index (χ4v) is 4.29. The first-order valence-electron chi connectivity index (χ1n) is 10.3. The molecular formula is C25H22F2N2O3. The molecule has 0 aromatic heterocycles. The first kappa shape index (κ1) is 21.5. The summed E-state index contributed by atoms with van der Waals surface area (Å²) >= 11 is 0. The van der Waals surface area contributed by atoms with Crippen LogP contribution in [0.5, 0.6) is 5.75 Å². The Hall–Kier alpha value is -3.74. The summed E-state index contributed by atoms with van der Waals surface area (Å²) in [6, 6.07) is 20.6. The molecule has 4 rings (SSSR count). The van der Waals surface area contributed by atoms with Gasteiger partial charge < -0.3 is 15.4 Å². The molecule has 0 unspecified atom stereocenters. The number of nitrogens with zero attached hydrogens (tertiary/aromatic N) is 1. The molecule has 5 nitrogen and oxygen atoms in total. The molecule has 0 radical (unpaired) electrons. The first-order valence-corrected chi connectivity index (χ1v) is 10.3. The maximum atomic E-state index is 13.7. The number of primary amides is 1. The standard InChI is InChI=1S/C25H22F2N2O3/c26-25(27)32-19-13-11-16-12-14-21(20(16)15-19)29(24(31)18-9-5-2-6-10-18)22(23(28)30)17-7-3-1-4-8-17/h1-11,13,15,21-22,25H,12,14H2,(H2,28,30)/t21-,22-/m1/s1. The zero-order valence-electron chi connectivity index (χ0n) is 17.2. The van der Waals surface area contributed by atoms with E-state index in [0.29, 0.717) is 29.5 Å². The number of hydrogen-bond donors (Lipinski definition) is 1. The average molecular weight is 436 g/mol. The van der Waals surface area contributed by atoms with E-state index >= 15 is 0 Å². The predicted molar refractivity (Wildman–Crippen MR) is 115 cm³/mol. The fourth-order valence-electron chi connectivity index (χ4n) is 4.29. The van der Waals surface area contributed by atoms with Crippen LogP contribution < -0.4 is 10.5 Å². The van der Waals surface area contributed by atoms with E-state index in [9.17, 15) is 18.4 Å². The summed E-state index contributed by atoms with van der Waals surface area (Å²) in [5.74, 6) is -1.03. The molecule has 0 aliphatic heterocycles. The number of benzene rings is 3. The van der Waals surface area contributed by atoms with Gasteiger partial charge in [0.1, 0.15) is 11.8 Å². The molecule has 0 heterocycles. The molecule has 0 bridgehead atoms. The maximum absolute atomic E-state index is 13.7. The normalized spacial score (nSPS) is 15.8. The van der Waals surface area contributed by atoms with Crippen LogP contribution in [0.4, 0.5) is 8.78 Å². The number of amides is 2. The Bertz CT molecular complexity index is 1110. The van der Waals surface area contributed by atoms with Crippen LogP contribution in [0.15, 0.2) is 78.9 Å². The van der Waals surface area contributed by atoms with Crippen molar-refractivity contribution in [1.82, 2.24) is 4.90 Å². The molecule has 3 aromatic carbocycles. The highest BCUT2D eigenvalue weighted by atomic mass is 19.3. The number of fused-ring (bicyclic) bond motifs is 1. The van der Waals surface area contributed by atoms with Crippen molar-refractivity contribution in [3.63, 3.8) is 0 Å². The second kappa shape index (κ2) is 9.18. The Labute approximate surface area is 184 Å². The molecule has 0 fully saturated rings. The van der Waals surface area contributed by atoms with Crippen LogP contribution in [0.25, 0.3) is 0 Å². The minimum Gasteiger partial charge on any atom is -0.435 e. The van der Waals surface area contributed by atoms with Crippen LogP contribution in [0.3, 0.4) is 0 Å². The number of halogens is 2. The van der Waals surface area contributed by atoms with Gasteiger partial charge in [0, 0.05) is 5.56 Å². The molecular weight excluding hydrogens is 414 g/mol. The Morgan fingerprint density at radius 2 is 1.62 bits per heavy atom. The third-order valence-electron chi connectivity index (χ3n) is 5.64. The zero-order valence-corrected chi connectivity index (χ0v) is 17.2. The van der Waals surface area contributed by atoms with Crippen LogP contribution >= 0.6 is 0 Å². The number of ether oxygens (including phenoxy) is 1. The molecule has 0 spiro atoms. The van der Waals surface area contributed by atoms with Gasteiger partial charge in [0.25, 0.3) is 5.91 Å². The van der Waals surface area contributed by atoms with Gasteiger partial charge >= 0.3 is 6.61 Å². The van der Waals surface area contributed by atoms with Crippen molar-refractivity contribution in [2.24, 2.45) is 5.73 Å². The number of rotatable bonds is 7. The van der Waals surface area contributed by atoms with Gasteiger partial charge in [-0.2, -0.15) is 8.78 Å². The number of alkyl halides is 2. The minimum atomic E-state index is -2.96. The molecule has 2 atom stereocenters.